The Morgan fingerprint density at radius 2 is 2.13 bits per heavy atom. The number of rotatable bonds is 7. The predicted octanol–water partition coefficient (Wildman–Crippen LogP) is -0.0292. The van der Waals surface area contributed by atoms with E-state index in [1.54, 1.807) is 0 Å². The first-order valence-electron chi connectivity index (χ1n) is 5.21. The molecule has 0 aliphatic carbocycles. The average molecular weight is 217 g/mol. The summed E-state index contributed by atoms with van der Waals surface area (Å²) in [6.07, 6.45) is 0. The van der Waals surface area contributed by atoms with Gasteiger partial charge in [-0.15, -0.1) is 0 Å². The highest BCUT2D eigenvalue weighted by atomic mass is 16.5. The molecule has 5 nitrogen and oxygen atoms in total. The summed E-state index contributed by atoms with van der Waals surface area (Å²) in [4.78, 5) is 13.5. The fourth-order valence-electron chi connectivity index (χ4n) is 1.39. The highest BCUT2D eigenvalue weighted by Crippen LogP contribution is 2.15. The third-order valence-electron chi connectivity index (χ3n) is 2.23. The zero-order valence-electron chi connectivity index (χ0n) is 10.2. The molecule has 0 rings (SSSR count). The molecular formula is C10H23N3O2. The van der Waals surface area contributed by atoms with Crippen molar-refractivity contribution in [2.45, 2.75) is 20.8 Å². The lowest BCUT2D eigenvalue weighted by Gasteiger charge is -2.28. The highest BCUT2D eigenvalue weighted by Gasteiger charge is 2.28. The number of nitrogens with zero attached hydrogens (tertiary/aromatic N) is 1. The zero-order chi connectivity index (χ0) is 11.9. The number of carbonyl (C=O) groups excluding carboxylic acids is 1. The van der Waals surface area contributed by atoms with Crippen LogP contribution in [0.25, 0.3) is 0 Å². The standard InChI is InChI=1S/C10H23N3O2/c1-5-15-7-6-13(4)8-10(2,3)9(14)12-11/h5-8,11H2,1-4H3,(H,12,14). The van der Waals surface area contributed by atoms with Gasteiger partial charge in [-0.25, -0.2) is 5.84 Å². The highest BCUT2D eigenvalue weighted by molar-refractivity contribution is 5.81. The molecule has 90 valence electrons. The Morgan fingerprint density at radius 1 is 1.53 bits per heavy atom. The monoisotopic (exact) mass is 217 g/mol. The minimum absolute atomic E-state index is 0.147. The van der Waals surface area contributed by atoms with Crippen LogP contribution in [0, 0.1) is 5.41 Å². The van der Waals surface area contributed by atoms with Gasteiger partial charge >= 0.3 is 0 Å². The first-order chi connectivity index (χ1) is 6.94. The Morgan fingerprint density at radius 3 is 2.60 bits per heavy atom. The van der Waals surface area contributed by atoms with Crippen molar-refractivity contribution in [2.24, 2.45) is 11.3 Å². The Balaban J connectivity index is 3.93. The quantitative estimate of drug-likeness (QED) is 0.272. The van der Waals surface area contributed by atoms with Crippen molar-refractivity contribution in [3.63, 3.8) is 0 Å². The van der Waals surface area contributed by atoms with Gasteiger partial charge < -0.3 is 9.64 Å². The first-order valence-corrected chi connectivity index (χ1v) is 5.21. The molecule has 0 aliphatic rings. The lowest BCUT2D eigenvalue weighted by molar-refractivity contribution is -0.130. The van der Waals surface area contributed by atoms with Crippen LogP contribution < -0.4 is 11.3 Å². The summed E-state index contributed by atoms with van der Waals surface area (Å²) >= 11 is 0. The number of amides is 1. The second kappa shape index (κ2) is 6.76. The van der Waals surface area contributed by atoms with Crippen molar-refractivity contribution in [1.29, 1.82) is 0 Å². The zero-order valence-corrected chi connectivity index (χ0v) is 10.2. The van der Waals surface area contributed by atoms with Gasteiger partial charge in [-0.1, -0.05) is 0 Å². The Labute approximate surface area is 91.9 Å². The van der Waals surface area contributed by atoms with Crippen LogP contribution in [0.5, 0.6) is 0 Å². The normalized spacial score (nSPS) is 11.9. The number of nitrogens with two attached hydrogens (primary N) is 1. The largest absolute Gasteiger partial charge is 0.380 e. The Hall–Kier alpha value is -0.650. The van der Waals surface area contributed by atoms with Crippen LogP contribution in [-0.2, 0) is 9.53 Å². The molecule has 0 bridgehead atoms. The number of hydrazine groups is 1. The first kappa shape index (κ1) is 14.3. The van der Waals surface area contributed by atoms with E-state index in [1.165, 1.54) is 0 Å². The molecule has 0 unspecified atom stereocenters. The number of carbonyl (C=O) groups is 1. The average Bonchev–Trinajstić information content (AvgIpc) is 2.16. The van der Waals surface area contributed by atoms with Gasteiger partial charge in [-0.3, -0.25) is 10.2 Å². The summed E-state index contributed by atoms with van der Waals surface area (Å²) in [6.45, 7) is 8.58. The van der Waals surface area contributed by atoms with Crippen LogP contribution in [0.1, 0.15) is 20.8 Å². The van der Waals surface area contributed by atoms with E-state index >= 15 is 0 Å². The smallest absolute Gasteiger partial charge is 0.240 e. The molecule has 0 saturated heterocycles. The van der Waals surface area contributed by atoms with Crippen molar-refractivity contribution in [2.75, 3.05) is 33.4 Å². The van der Waals surface area contributed by atoms with Crippen LogP contribution in [0.15, 0.2) is 0 Å². The molecular weight excluding hydrogens is 194 g/mol. The molecule has 5 heteroatoms. The van der Waals surface area contributed by atoms with E-state index in [0.29, 0.717) is 13.2 Å². The summed E-state index contributed by atoms with van der Waals surface area (Å²) in [6, 6.07) is 0. The summed E-state index contributed by atoms with van der Waals surface area (Å²) < 4.78 is 5.24. The molecule has 15 heavy (non-hydrogen) atoms. The molecule has 0 atom stereocenters. The van der Waals surface area contributed by atoms with Crippen LogP contribution in [0.4, 0.5) is 0 Å². The van der Waals surface area contributed by atoms with E-state index in [2.05, 4.69) is 10.3 Å². The maximum atomic E-state index is 11.4. The number of likely N-dealkylation sites (N-methyl/N-ethyl adjacent to an activating group) is 1. The summed E-state index contributed by atoms with van der Waals surface area (Å²) in [7, 11) is 1.96. The van der Waals surface area contributed by atoms with Gasteiger partial charge in [0, 0.05) is 19.7 Å². The van der Waals surface area contributed by atoms with Crippen LogP contribution in [-0.4, -0.2) is 44.2 Å². The SMILES string of the molecule is CCOCCN(C)CC(C)(C)C(=O)NN. The number of ether oxygens (including phenoxy) is 1. The molecule has 3 N–H and O–H groups in total. The molecule has 0 aliphatic heterocycles. The van der Waals surface area contributed by atoms with Gasteiger partial charge in [0.05, 0.1) is 12.0 Å². The predicted molar refractivity (Wildman–Crippen MR) is 60.1 cm³/mol. The van der Waals surface area contributed by atoms with E-state index < -0.39 is 5.41 Å². The van der Waals surface area contributed by atoms with E-state index in [1.807, 2.05) is 27.8 Å². The van der Waals surface area contributed by atoms with Crippen molar-refractivity contribution >= 4 is 5.91 Å². The lowest BCUT2D eigenvalue weighted by atomic mass is 9.92. The minimum Gasteiger partial charge on any atom is -0.380 e. The second-order valence-corrected chi connectivity index (χ2v) is 4.29. The molecule has 0 spiro atoms. The van der Waals surface area contributed by atoms with Gasteiger partial charge in [-0.05, 0) is 27.8 Å². The maximum absolute atomic E-state index is 11.4. The van der Waals surface area contributed by atoms with E-state index in [4.69, 9.17) is 10.6 Å². The van der Waals surface area contributed by atoms with Gasteiger partial charge in [0.25, 0.3) is 0 Å². The maximum Gasteiger partial charge on any atom is 0.240 e. The molecule has 0 aromatic heterocycles. The fraction of sp³-hybridized carbons (Fsp3) is 0.900. The number of nitrogens with one attached hydrogen (secondary N) is 1. The minimum atomic E-state index is -0.476. The summed E-state index contributed by atoms with van der Waals surface area (Å²) in [5.74, 6) is 4.97. The van der Waals surface area contributed by atoms with Gasteiger partial charge in [0.15, 0.2) is 0 Å². The van der Waals surface area contributed by atoms with Crippen molar-refractivity contribution < 1.29 is 9.53 Å². The van der Waals surface area contributed by atoms with Gasteiger partial charge in [-0.2, -0.15) is 0 Å². The third-order valence-corrected chi connectivity index (χ3v) is 2.23. The molecule has 1 amide bonds. The van der Waals surface area contributed by atoms with Crippen LogP contribution in [0.3, 0.4) is 0 Å². The molecule has 0 fully saturated rings. The lowest BCUT2D eigenvalue weighted by Crippen LogP contribution is -2.47. The van der Waals surface area contributed by atoms with E-state index in [0.717, 1.165) is 13.2 Å². The van der Waals surface area contributed by atoms with E-state index in [9.17, 15) is 4.79 Å². The van der Waals surface area contributed by atoms with Crippen molar-refractivity contribution in [3.8, 4) is 0 Å². The fourth-order valence-corrected chi connectivity index (χ4v) is 1.39. The molecule has 0 saturated carbocycles. The van der Waals surface area contributed by atoms with Gasteiger partial charge in [0.2, 0.25) is 5.91 Å². The van der Waals surface area contributed by atoms with Crippen molar-refractivity contribution in [1.82, 2.24) is 10.3 Å². The third kappa shape index (κ3) is 5.71. The molecule has 0 aromatic carbocycles. The summed E-state index contributed by atoms with van der Waals surface area (Å²) in [5, 5.41) is 0. The van der Waals surface area contributed by atoms with Crippen molar-refractivity contribution in [3.05, 3.63) is 0 Å². The Bertz CT molecular complexity index is 195. The Kier molecular flexibility index (Phi) is 6.47. The second-order valence-electron chi connectivity index (χ2n) is 4.29. The number of hydrogen-bond acceptors (Lipinski definition) is 4. The van der Waals surface area contributed by atoms with Gasteiger partial charge in [0.1, 0.15) is 0 Å². The molecule has 0 radical (unpaired) electrons. The van der Waals surface area contributed by atoms with Crippen LogP contribution in [0.2, 0.25) is 0 Å². The topological polar surface area (TPSA) is 67.6 Å². The number of hydrogen-bond donors (Lipinski definition) is 2. The molecule has 0 heterocycles. The van der Waals surface area contributed by atoms with Crippen LogP contribution >= 0.6 is 0 Å². The summed E-state index contributed by atoms with van der Waals surface area (Å²) in [5.41, 5.74) is 1.70. The van der Waals surface area contributed by atoms with E-state index in [-0.39, 0.29) is 5.91 Å². The molecule has 0 aromatic rings.